The highest BCUT2D eigenvalue weighted by Gasteiger charge is 2.36. The lowest BCUT2D eigenvalue weighted by molar-refractivity contribution is 0.0580. The van der Waals surface area contributed by atoms with Crippen LogP contribution in [0.5, 0.6) is 5.75 Å². The molecule has 0 aliphatic carbocycles. The summed E-state index contributed by atoms with van der Waals surface area (Å²) in [6.45, 7) is 9.11. The standard InChI is InChI=1S/C24H39NO4/c1-5-6-7-8-9-10-11-17-28-21-14-12-13-20-19(15-16-26)18-25(22(20)21)23(27)29-24(2,3)4/h12-14,19,26H,5-11,15-18H2,1-4H3. The fraction of sp³-hybridized carbons (Fsp3) is 0.708. The zero-order valence-corrected chi connectivity index (χ0v) is 18.7. The number of amides is 1. The topological polar surface area (TPSA) is 59.0 Å². The Labute approximate surface area is 176 Å². The first-order valence-electron chi connectivity index (χ1n) is 11.2. The lowest BCUT2D eigenvalue weighted by Crippen LogP contribution is -2.36. The SMILES string of the molecule is CCCCCCCCCOc1cccc2c1N(C(=O)OC(C)(C)C)CC2CCO. The monoisotopic (exact) mass is 405 g/mol. The maximum absolute atomic E-state index is 12.8. The number of hydrogen-bond donors (Lipinski definition) is 1. The van der Waals surface area contributed by atoms with E-state index in [2.05, 4.69) is 6.92 Å². The Bertz CT molecular complexity index is 638. The van der Waals surface area contributed by atoms with Gasteiger partial charge in [-0.25, -0.2) is 4.79 Å². The molecule has 1 heterocycles. The predicted octanol–water partition coefficient (Wildman–Crippen LogP) is 6.04. The summed E-state index contributed by atoms with van der Waals surface area (Å²) in [7, 11) is 0. The van der Waals surface area contributed by atoms with E-state index in [9.17, 15) is 9.90 Å². The molecule has 1 aromatic carbocycles. The van der Waals surface area contributed by atoms with E-state index in [4.69, 9.17) is 9.47 Å². The molecule has 164 valence electrons. The van der Waals surface area contributed by atoms with Gasteiger partial charge in [0.05, 0.1) is 12.3 Å². The summed E-state index contributed by atoms with van der Waals surface area (Å²) in [4.78, 5) is 14.5. The van der Waals surface area contributed by atoms with Crippen molar-refractivity contribution in [2.75, 3.05) is 24.7 Å². The van der Waals surface area contributed by atoms with Gasteiger partial charge >= 0.3 is 6.09 Å². The largest absolute Gasteiger partial charge is 0.491 e. The molecular weight excluding hydrogens is 366 g/mol. The maximum atomic E-state index is 12.8. The number of carbonyl (C=O) groups excluding carboxylic acids is 1. The van der Waals surface area contributed by atoms with Gasteiger partial charge in [0.25, 0.3) is 0 Å². The summed E-state index contributed by atoms with van der Waals surface area (Å²) < 4.78 is 11.7. The number of fused-ring (bicyclic) bond motifs is 1. The van der Waals surface area contributed by atoms with Crippen molar-refractivity contribution in [3.05, 3.63) is 23.8 Å². The third-order valence-electron chi connectivity index (χ3n) is 5.24. The minimum absolute atomic E-state index is 0.0926. The third kappa shape index (κ3) is 7.22. The Balaban J connectivity index is 2.02. The van der Waals surface area contributed by atoms with Crippen LogP contribution in [0.3, 0.4) is 0 Å². The van der Waals surface area contributed by atoms with Gasteiger partial charge in [0.1, 0.15) is 11.4 Å². The van der Waals surface area contributed by atoms with Crippen LogP contribution in [-0.2, 0) is 4.74 Å². The molecule has 1 aliphatic heterocycles. The van der Waals surface area contributed by atoms with E-state index in [0.717, 1.165) is 23.4 Å². The van der Waals surface area contributed by atoms with E-state index >= 15 is 0 Å². The maximum Gasteiger partial charge on any atom is 0.414 e. The molecule has 1 amide bonds. The van der Waals surface area contributed by atoms with Crippen LogP contribution in [0.1, 0.15) is 90.5 Å². The first-order chi connectivity index (χ1) is 13.9. The first kappa shape index (κ1) is 23.5. The molecule has 2 rings (SSSR count). The molecule has 0 fully saturated rings. The number of para-hydroxylation sites is 1. The van der Waals surface area contributed by atoms with Gasteiger partial charge in [-0.3, -0.25) is 4.90 Å². The fourth-order valence-corrected chi connectivity index (χ4v) is 3.81. The van der Waals surface area contributed by atoms with Crippen LogP contribution in [0, 0.1) is 0 Å². The molecule has 5 nitrogen and oxygen atoms in total. The molecule has 1 aromatic rings. The molecular formula is C24H39NO4. The second-order valence-corrected chi connectivity index (χ2v) is 8.96. The average molecular weight is 406 g/mol. The summed E-state index contributed by atoms with van der Waals surface area (Å²) in [5.74, 6) is 0.837. The highest BCUT2D eigenvalue weighted by atomic mass is 16.6. The molecule has 29 heavy (non-hydrogen) atoms. The molecule has 1 N–H and O–H groups in total. The van der Waals surface area contributed by atoms with Crippen molar-refractivity contribution >= 4 is 11.8 Å². The van der Waals surface area contributed by atoms with Crippen LogP contribution >= 0.6 is 0 Å². The van der Waals surface area contributed by atoms with Gasteiger partial charge in [-0.05, 0) is 45.2 Å². The molecule has 1 aliphatic rings. The van der Waals surface area contributed by atoms with Crippen LogP contribution in [0.15, 0.2) is 18.2 Å². The molecule has 1 unspecified atom stereocenters. The molecule has 5 heteroatoms. The highest BCUT2D eigenvalue weighted by Crippen LogP contribution is 2.44. The van der Waals surface area contributed by atoms with Crippen molar-refractivity contribution in [3.63, 3.8) is 0 Å². The predicted molar refractivity (Wildman–Crippen MR) is 118 cm³/mol. The number of carbonyl (C=O) groups is 1. The van der Waals surface area contributed by atoms with Crippen LogP contribution < -0.4 is 9.64 Å². The van der Waals surface area contributed by atoms with Crippen LogP contribution in [0.25, 0.3) is 0 Å². The second kappa shape index (κ2) is 11.4. The fourth-order valence-electron chi connectivity index (χ4n) is 3.81. The summed E-state index contributed by atoms with van der Waals surface area (Å²) in [5.41, 5.74) is 1.31. The van der Waals surface area contributed by atoms with Gasteiger partial charge in [0.2, 0.25) is 0 Å². The van der Waals surface area contributed by atoms with Gasteiger partial charge in [-0.2, -0.15) is 0 Å². The normalized spacial score (nSPS) is 16.0. The van der Waals surface area contributed by atoms with Crippen LogP contribution in [0.2, 0.25) is 0 Å². The number of unbranched alkanes of at least 4 members (excludes halogenated alkanes) is 6. The summed E-state index contributed by atoms with van der Waals surface area (Å²) in [6, 6.07) is 5.93. The second-order valence-electron chi connectivity index (χ2n) is 8.96. The van der Waals surface area contributed by atoms with Gasteiger partial charge in [0.15, 0.2) is 0 Å². The third-order valence-corrected chi connectivity index (χ3v) is 5.24. The van der Waals surface area contributed by atoms with Crippen molar-refractivity contribution < 1.29 is 19.4 Å². The minimum Gasteiger partial charge on any atom is -0.491 e. The Kier molecular flexibility index (Phi) is 9.28. The van der Waals surface area contributed by atoms with E-state index in [-0.39, 0.29) is 18.6 Å². The Morgan fingerprint density at radius 2 is 1.83 bits per heavy atom. The lowest BCUT2D eigenvalue weighted by atomic mass is 9.98. The number of rotatable bonds is 11. The van der Waals surface area contributed by atoms with E-state index in [1.165, 1.54) is 38.5 Å². The van der Waals surface area contributed by atoms with E-state index in [1.807, 2.05) is 39.0 Å². The number of nitrogens with zero attached hydrogens (tertiary/aromatic N) is 1. The van der Waals surface area contributed by atoms with E-state index in [0.29, 0.717) is 19.6 Å². The molecule has 0 spiro atoms. The summed E-state index contributed by atoms with van der Waals surface area (Å²) in [6.07, 6.45) is 8.91. The molecule has 0 radical (unpaired) electrons. The van der Waals surface area contributed by atoms with Gasteiger partial charge in [0, 0.05) is 19.1 Å². The summed E-state index contributed by atoms with van der Waals surface area (Å²) >= 11 is 0. The van der Waals surface area contributed by atoms with Crippen molar-refractivity contribution in [2.45, 2.75) is 90.6 Å². The number of hydrogen-bond acceptors (Lipinski definition) is 4. The molecule has 0 bridgehead atoms. The number of aliphatic hydroxyl groups excluding tert-OH is 1. The number of aliphatic hydroxyl groups is 1. The van der Waals surface area contributed by atoms with Gasteiger partial charge in [-0.15, -0.1) is 0 Å². The van der Waals surface area contributed by atoms with Crippen LogP contribution in [0.4, 0.5) is 10.5 Å². The Morgan fingerprint density at radius 3 is 2.48 bits per heavy atom. The van der Waals surface area contributed by atoms with E-state index < -0.39 is 5.60 Å². The summed E-state index contributed by atoms with van der Waals surface area (Å²) in [5, 5.41) is 9.44. The highest BCUT2D eigenvalue weighted by molar-refractivity contribution is 5.93. The smallest absolute Gasteiger partial charge is 0.414 e. The Hall–Kier alpha value is -1.75. The minimum atomic E-state index is -0.556. The number of benzene rings is 1. The number of ether oxygens (including phenoxy) is 2. The van der Waals surface area contributed by atoms with Gasteiger partial charge in [-0.1, -0.05) is 57.6 Å². The van der Waals surface area contributed by atoms with Crippen molar-refractivity contribution in [2.24, 2.45) is 0 Å². The van der Waals surface area contributed by atoms with Crippen LogP contribution in [-0.4, -0.2) is 36.6 Å². The zero-order valence-electron chi connectivity index (χ0n) is 18.7. The first-order valence-corrected chi connectivity index (χ1v) is 11.2. The molecule has 0 saturated heterocycles. The van der Waals surface area contributed by atoms with Crippen molar-refractivity contribution in [3.8, 4) is 5.75 Å². The molecule has 0 saturated carbocycles. The average Bonchev–Trinajstić information content (AvgIpc) is 3.03. The van der Waals surface area contributed by atoms with Gasteiger partial charge < -0.3 is 14.6 Å². The number of anilines is 1. The quantitative estimate of drug-likeness (QED) is 0.456. The Morgan fingerprint density at radius 1 is 1.14 bits per heavy atom. The van der Waals surface area contributed by atoms with Crippen molar-refractivity contribution in [1.82, 2.24) is 0 Å². The lowest BCUT2D eigenvalue weighted by Gasteiger charge is -2.26. The van der Waals surface area contributed by atoms with E-state index in [1.54, 1.807) is 4.90 Å². The zero-order chi connectivity index (χ0) is 21.3. The van der Waals surface area contributed by atoms with Crippen molar-refractivity contribution in [1.29, 1.82) is 0 Å². The molecule has 1 atom stereocenters. The molecule has 0 aromatic heterocycles.